The number of hydrogen-bond donors (Lipinski definition) is 1. The van der Waals surface area contributed by atoms with E-state index < -0.39 is 6.10 Å². The van der Waals surface area contributed by atoms with Crippen LogP contribution < -0.4 is 4.74 Å². The summed E-state index contributed by atoms with van der Waals surface area (Å²) in [4.78, 5) is 0. The van der Waals surface area contributed by atoms with Crippen LogP contribution in [0.3, 0.4) is 0 Å². The molecule has 1 atom stereocenters. The van der Waals surface area contributed by atoms with E-state index in [9.17, 15) is 5.11 Å². The fraction of sp³-hybridized carbons (Fsp3) is 0.368. The summed E-state index contributed by atoms with van der Waals surface area (Å²) in [5, 5.41) is 9.80. The van der Waals surface area contributed by atoms with Crippen LogP contribution in [0.4, 0.5) is 0 Å². The van der Waals surface area contributed by atoms with Gasteiger partial charge in [0.1, 0.15) is 5.75 Å². The molecule has 112 valence electrons. The minimum atomic E-state index is -0.496. The molecule has 0 spiro atoms. The SMILES string of the molecule is Cc1ccc(OCCCCc2ccccc2)c([C@H](C)O)c1. The van der Waals surface area contributed by atoms with Gasteiger partial charge in [0, 0.05) is 5.56 Å². The zero-order valence-electron chi connectivity index (χ0n) is 12.9. The number of unbranched alkanes of at least 4 members (excludes halogenated alkanes) is 1. The zero-order valence-corrected chi connectivity index (χ0v) is 12.9. The van der Waals surface area contributed by atoms with E-state index in [1.807, 2.05) is 31.2 Å². The van der Waals surface area contributed by atoms with Crippen molar-refractivity contribution >= 4 is 0 Å². The molecule has 0 aliphatic carbocycles. The van der Waals surface area contributed by atoms with Crippen LogP contribution in [0.15, 0.2) is 48.5 Å². The number of rotatable bonds is 7. The van der Waals surface area contributed by atoms with Crippen LogP contribution in [0.5, 0.6) is 5.75 Å². The molecule has 2 aromatic rings. The lowest BCUT2D eigenvalue weighted by molar-refractivity contribution is 0.190. The number of ether oxygens (including phenoxy) is 1. The summed E-state index contributed by atoms with van der Waals surface area (Å²) < 4.78 is 5.83. The van der Waals surface area contributed by atoms with Gasteiger partial charge < -0.3 is 9.84 Å². The van der Waals surface area contributed by atoms with Crippen LogP contribution in [-0.2, 0) is 6.42 Å². The highest BCUT2D eigenvalue weighted by Crippen LogP contribution is 2.26. The van der Waals surface area contributed by atoms with Crippen molar-refractivity contribution in [3.05, 3.63) is 65.2 Å². The second-order valence-electron chi connectivity index (χ2n) is 5.51. The lowest BCUT2D eigenvalue weighted by atomic mass is 10.1. The minimum absolute atomic E-state index is 0.496. The second-order valence-corrected chi connectivity index (χ2v) is 5.51. The molecule has 0 heterocycles. The van der Waals surface area contributed by atoms with Crippen molar-refractivity contribution in [1.29, 1.82) is 0 Å². The summed E-state index contributed by atoms with van der Waals surface area (Å²) in [6.07, 6.45) is 2.72. The third-order valence-electron chi connectivity index (χ3n) is 3.58. The Hall–Kier alpha value is -1.80. The first-order valence-electron chi connectivity index (χ1n) is 7.62. The van der Waals surface area contributed by atoms with Gasteiger partial charge in [0.15, 0.2) is 0 Å². The molecule has 2 heteroatoms. The average molecular weight is 284 g/mol. The van der Waals surface area contributed by atoms with Gasteiger partial charge in [0.25, 0.3) is 0 Å². The van der Waals surface area contributed by atoms with E-state index in [1.165, 1.54) is 5.56 Å². The molecular weight excluding hydrogens is 260 g/mol. The smallest absolute Gasteiger partial charge is 0.125 e. The molecule has 0 aliphatic heterocycles. The van der Waals surface area contributed by atoms with Crippen molar-refractivity contribution in [1.82, 2.24) is 0 Å². The molecule has 2 nitrogen and oxygen atoms in total. The molecule has 1 N–H and O–H groups in total. The van der Waals surface area contributed by atoms with E-state index in [0.29, 0.717) is 6.61 Å². The van der Waals surface area contributed by atoms with E-state index >= 15 is 0 Å². The Morgan fingerprint density at radius 3 is 2.52 bits per heavy atom. The summed E-state index contributed by atoms with van der Waals surface area (Å²) in [6, 6.07) is 16.5. The first-order chi connectivity index (χ1) is 10.2. The zero-order chi connectivity index (χ0) is 15.1. The maximum absolute atomic E-state index is 9.80. The maximum atomic E-state index is 9.80. The van der Waals surface area contributed by atoms with Crippen LogP contribution in [0, 0.1) is 6.92 Å². The topological polar surface area (TPSA) is 29.5 Å². The third-order valence-corrected chi connectivity index (χ3v) is 3.58. The van der Waals surface area contributed by atoms with Gasteiger partial charge in [-0.05, 0) is 50.8 Å². The van der Waals surface area contributed by atoms with E-state index in [4.69, 9.17) is 4.74 Å². The van der Waals surface area contributed by atoms with Crippen molar-refractivity contribution in [2.24, 2.45) is 0 Å². The number of aliphatic hydroxyl groups excluding tert-OH is 1. The molecule has 2 rings (SSSR count). The van der Waals surface area contributed by atoms with Gasteiger partial charge in [0.2, 0.25) is 0 Å². The maximum Gasteiger partial charge on any atom is 0.125 e. The molecule has 0 unspecified atom stereocenters. The number of aryl methyl sites for hydroxylation is 2. The van der Waals surface area contributed by atoms with Gasteiger partial charge in [-0.1, -0.05) is 42.0 Å². The summed E-state index contributed by atoms with van der Waals surface area (Å²) >= 11 is 0. The van der Waals surface area contributed by atoms with Crippen molar-refractivity contribution in [3.63, 3.8) is 0 Å². The third kappa shape index (κ3) is 4.91. The molecule has 2 aromatic carbocycles. The lowest BCUT2D eigenvalue weighted by Gasteiger charge is -2.14. The molecule has 0 aromatic heterocycles. The molecule has 0 amide bonds. The molecule has 0 bridgehead atoms. The lowest BCUT2D eigenvalue weighted by Crippen LogP contribution is -2.03. The minimum Gasteiger partial charge on any atom is -0.493 e. The first kappa shape index (κ1) is 15.6. The average Bonchev–Trinajstić information content (AvgIpc) is 2.49. The molecule has 0 radical (unpaired) electrons. The fourth-order valence-corrected chi connectivity index (χ4v) is 2.38. The Labute approximate surface area is 127 Å². The van der Waals surface area contributed by atoms with Gasteiger partial charge in [-0.25, -0.2) is 0 Å². The van der Waals surface area contributed by atoms with Crippen LogP contribution in [0.25, 0.3) is 0 Å². The van der Waals surface area contributed by atoms with Crippen LogP contribution in [0.1, 0.15) is 42.6 Å². The molecule has 21 heavy (non-hydrogen) atoms. The van der Waals surface area contributed by atoms with Crippen LogP contribution in [0.2, 0.25) is 0 Å². The number of hydrogen-bond acceptors (Lipinski definition) is 2. The Bertz CT molecular complexity index is 547. The highest BCUT2D eigenvalue weighted by Gasteiger charge is 2.09. The Kier molecular flexibility index (Phi) is 5.82. The summed E-state index contributed by atoms with van der Waals surface area (Å²) in [5.41, 5.74) is 3.39. The first-order valence-corrected chi connectivity index (χ1v) is 7.62. The van der Waals surface area contributed by atoms with E-state index in [1.54, 1.807) is 6.92 Å². The highest BCUT2D eigenvalue weighted by atomic mass is 16.5. The molecule has 0 aliphatic rings. The summed E-state index contributed by atoms with van der Waals surface area (Å²) in [5.74, 6) is 0.801. The van der Waals surface area contributed by atoms with E-state index in [-0.39, 0.29) is 0 Å². The molecule has 0 saturated heterocycles. The molecular formula is C19H24O2. The second kappa shape index (κ2) is 7.84. The van der Waals surface area contributed by atoms with Crippen LogP contribution >= 0.6 is 0 Å². The summed E-state index contributed by atoms with van der Waals surface area (Å²) in [7, 11) is 0. The predicted molar refractivity (Wildman–Crippen MR) is 86.7 cm³/mol. The van der Waals surface area contributed by atoms with Crippen molar-refractivity contribution in [3.8, 4) is 5.75 Å². The Balaban J connectivity index is 1.78. The van der Waals surface area contributed by atoms with Crippen molar-refractivity contribution < 1.29 is 9.84 Å². The summed E-state index contributed by atoms with van der Waals surface area (Å²) in [6.45, 7) is 4.49. The van der Waals surface area contributed by atoms with Crippen LogP contribution in [-0.4, -0.2) is 11.7 Å². The van der Waals surface area contributed by atoms with Crippen molar-refractivity contribution in [2.75, 3.05) is 6.61 Å². The molecule has 0 saturated carbocycles. The van der Waals surface area contributed by atoms with Gasteiger partial charge in [-0.15, -0.1) is 0 Å². The fourth-order valence-electron chi connectivity index (χ4n) is 2.38. The normalized spacial score (nSPS) is 12.1. The van der Waals surface area contributed by atoms with E-state index in [2.05, 4.69) is 24.3 Å². The molecule has 0 fully saturated rings. The Morgan fingerprint density at radius 1 is 1.05 bits per heavy atom. The number of aliphatic hydroxyl groups is 1. The van der Waals surface area contributed by atoms with Gasteiger partial charge in [0.05, 0.1) is 12.7 Å². The highest BCUT2D eigenvalue weighted by molar-refractivity contribution is 5.38. The largest absolute Gasteiger partial charge is 0.493 e. The van der Waals surface area contributed by atoms with E-state index in [0.717, 1.165) is 36.1 Å². The van der Waals surface area contributed by atoms with Crippen molar-refractivity contribution in [2.45, 2.75) is 39.2 Å². The Morgan fingerprint density at radius 2 is 1.81 bits per heavy atom. The standard InChI is InChI=1S/C19H24O2/c1-15-11-12-19(18(14-15)16(2)20)21-13-7-6-10-17-8-4-3-5-9-17/h3-5,8-9,11-12,14,16,20H,6-7,10,13H2,1-2H3/t16-/m0/s1. The van der Waals surface area contributed by atoms with Gasteiger partial charge in [-0.3, -0.25) is 0 Å². The predicted octanol–water partition coefficient (Wildman–Crippen LogP) is 4.45. The quantitative estimate of drug-likeness (QED) is 0.761. The van der Waals surface area contributed by atoms with Gasteiger partial charge >= 0.3 is 0 Å². The monoisotopic (exact) mass is 284 g/mol. The number of benzene rings is 2. The van der Waals surface area contributed by atoms with Gasteiger partial charge in [-0.2, -0.15) is 0 Å².